The molecule has 1 fully saturated rings. The zero-order valence-corrected chi connectivity index (χ0v) is 18.2. The van der Waals surface area contributed by atoms with Crippen molar-refractivity contribution >= 4 is 27.4 Å². The van der Waals surface area contributed by atoms with Gasteiger partial charge in [-0.15, -0.1) is 0 Å². The summed E-state index contributed by atoms with van der Waals surface area (Å²) in [6.07, 6.45) is 0.646. The van der Waals surface area contributed by atoms with Gasteiger partial charge in [0.25, 0.3) is 10.0 Å². The van der Waals surface area contributed by atoms with Crippen LogP contribution >= 0.6 is 0 Å². The molecule has 0 bridgehead atoms. The van der Waals surface area contributed by atoms with Crippen LogP contribution in [0.1, 0.15) is 12.0 Å². The Hall–Kier alpha value is -3.53. The molecule has 0 atom stereocenters. The van der Waals surface area contributed by atoms with E-state index >= 15 is 0 Å². The third-order valence-electron chi connectivity index (χ3n) is 5.24. The van der Waals surface area contributed by atoms with E-state index in [1.165, 1.54) is 28.0 Å². The van der Waals surface area contributed by atoms with Crippen LogP contribution < -0.4 is 9.62 Å². The lowest BCUT2D eigenvalue weighted by Crippen LogP contribution is -2.49. The molecule has 0 aromatic heterocycles. The average molecular weight is 475 g/mol. The van der Waals surface area contributed by atoms with Gasteiger partial charge in [0.15, 0.2) is 0 Å². The highest BCUT2D eigenvalue weighted by atomic mass is 32.2. The van der Waals surface area contributed by atoms with Gasteiger partial charge in [-0.1, -0.05) is 6.07 Å². The number of hydrogen-bond donors (Lipinski definition) is 1. The summed E-state index contributed by atoms with van der Waals surface area (Å²) < 4.78 is 67.5. The third-order valence-corrected chi connectivity index (χ3v) is 6.64. The van der Waals surface area contributed by atoms with Crippen molar-refractivity contribution in [2.45, 2.75) is 17.9 Å². The Bertz CT molecular complexity index is 1270. The minimum Gasteiger partial charge on any atom is -0.320 e. The minimum atomic E-state index is -3.90. The Labute approximate surface area is 189 Å². The van der Waals surface area contributed by atoms with Gasteiger partial charge in [-0.25, -0.2) is 26.4 Å². The van der Waals surface area contributed by atoms with Crippen molar-refractivity contribution in [1.82, 2.24) is 4.90 Å². The fourth-order valence-corrected chi connectivity index (χ4v) is 4.62. The first kappa shape index (κ1) is 22.7. The molecule has 0 unspecified atom stereocenters. The molecule has 1 aliphatic heterocycles. The summed E-state index contributed by atoms with van der Waals surface area (Å²) in [7, 11) is -3.90. The van der Waals surface area contributed by atoms with Gasteiger partial charge in [-0.05, 0) is 61.0 Å². The van der Waals surface area contributed by atoms with Crippen LogP contribution in [-0.4, -0.2) is 32.4 Å². The summed E-state index contributed by atoms with van der Waals surface area (Å²) >= 11 is 0. The molecule has 33 heavy (non-hydrogen) atoms. The molecule has 1 saturated heterocycles. The predicted molar refractivity (Wildman–Crippen MR) is 118 cm³/mol. The minimum absolute atomic E-state index is 0.0109. The largest absolute Gasteiger partial charge is 0.324 e. The quantitative estimate of drug-likeness (QED) is 0.560. The Kier molecular flexibility index (Phi) is 6.28. The van der Waals surface area contributed by atoms with Crippen LogP contribution in [0.2, 0.25) is 0 Å². The monoisotopic (exact) mass is 475 g/mol. The highest BCUT2D eigenvalue weighted by Gasteiger charge is 2.27. The molecule has 0 spiro atoms. The lowest BCUT2D eigenvalue weighted by molar-refractivity contribution is 0.191. The van der Waals surface area contributed by atoms with E-state index in [1.807, 2.05) is 0 Å². The number of nitrogens with zero attached hydrogens (tertiary/aromatic N) is 2. The van der Waals surface area contributed by atoms with Crippen molar-refractivity contribution in [2.75, 3.05) is 22.7 Å². The summed E-state index contributed by atoms with van der Waals surface area (Å²) in [5.74, 6) is -1.93. The van der Waals surface area contributed by atoms with E-state index in [-0.39, 0.29) is 28.7 Å². The zero-order chi connectivity index (χ0) is 23.6. The van der Waals surface area contributed by atoms with E-state index in [2.05, 4.69) is 4.72 Å². The molecule has 4 rings (SSSR count). The number of amides is 2. The Morgan fingerprint density at radius 3 is 2.18 bits per heavy atom. The lowest BCUT2D eigenvalue weighted by atomic mass is 10.1. The van der Waals surface area contributed by atoms with Crippen LogP contribution in [0.5, 0.6) is 0 Å². The topological polar surface area (TPSA) is 69.7 Å². The summed E-state index contributed by atoms with van der Waals surface area (Å²) in [5, 5.41) is 0. The van der Waals surface area contributed by atoms with Gasteiger partial charge in [-0.2, -0.15) is 0 Å². The molecule has 1 heterocycles. The molecular weight excluding hydrogens is 455 g/mol. The van der Waals surface area contributed by atoms with Crippen LogP contribution in [0.3, 0.4) is 0 Å². The van der Waals surface area contributed by atoms with E-state index in [4.69, 9.17) is 0 Å². The molecule has 2 amide bonds. The van der Waals surface area contributed by atoms with Crippen molar-refractivity contribution in [1.29, 1.82) is 0 Å². The summed E-state index contributed by atoms with van der Waals surface area (Å²) in [6, 6.07) is 13.6. The van der Waals surface area contributed by atoms with Crippen LogP contribution in [0.15, 0.2) is 71.6 Å². The first-order valence-corrected chi connectivity index (χ1v) is 11.6. The second kappa shape index (κ2) is 9.14. The fourth-order valence-electron chi connectivity index (χ4n) is 3.56. The zero-order valence-electron chi connectivity index (χ0n) is 17.3. The molecule has 6 nitrogen and oxygen atoms in total. The van der Waals surface area contributed by atoms with Gasteiger partial charge in [0.1, 0.15) is 17.5 Å². The standard InChI is InChI=1S/C23H20F3N3O3S/c24-17-4-10-21(11-5-17)33(31,32)27-19-6-8-20(9-7-19)29-13-1-12-28(23(29)30)15-16-2-3-18(25)14-22(16)26/h2-11,14,27H,1,12-13,15H2. The Morgan fingerprint density at radius 2 is 1.52 bits per heavy atom. The number of halogens is 3. The number of sulfonamides is 1. The Balaban J connectivity index is 1.46. The maximum atomic E-state index is 14.0. The first-order chi connectivity index (χ1) is 15.7. The van der Waals surface area contributed by atoms with Gasteiger partial charge in [0.2, 0.25) is 0 Å². The van der Waals surface area contributed by atoms with Crippen molar-refractivity contribution in [3.8, 4) is 0 Å². The number of anilines is 2. The molecule has 0 aliphatic carbocycles. The van der Waals surface area contributed by atoms with E-state index in [9.17, 15) is 26.4 Å². The first-order valence-electron chi connectivity index (χ1n) is 10.1. The average Bonchev–Trinajstić information content (AvgIpc) is 2.78. The number of benzene rings is 3. The Morgan fingerprint density at radius 1 is 0.848 bits per heavy atom. The molecule has 1 aliphatic rings. The number of hydrogen-bond acceptors (Lipinski definition) is 3. The second-order valence-corrected chi connectivity index (χ2v) is 9.23. The summed E-state index contributed by atoms with van der Waals surface area (Å²) in [5.41, 5.74) is 1.05. The predicted octanol–water partition coefficient (Wildman–Crippen LogP) is 4.74. The van der Waals surface area contributed by atoms with Gasteiger partial charge in [-0.3, -0.25) is 9.62 Å². The van der Waals surface area contributed by atoms with Gasteiger partial charge in [0, 0.05) is 36.1 Å². The highest BCUT2D eigenvalue weighted by Crippen LogP contribution is 2.25. The number of carbonyl (C=O) groups excluding carboxylic acids is 1. The summed E-state index contributed by atoms with van der Waals surface area (Å²) in [6.45, 7) is 0.889. The smallest absolute Gasteiger partial charge is 0.320 e. The molecule has 3 aromatic carbocycles. The molecule has 172 valence electrons. The van der Waals surface area contributed by atoms with E-state index < -0.39 is 27.5 Å². The molecule has 0 saturated carbocycles. The summed E-state index contributed by atoms with van der Waals surface area (Å²) in [4.78, 5) is 15.9. The normalized spacial score (nSPS) is 14.5. The maximum absolute atomic E-state index is 14.0. The molecule has 1 N–H and O–H groups in total. The number of nitrogens with one attached hydrogen (secondary N) is 1. The second-order valence-electron chi connectivity index (χ2n) is 7.55. The van der Waals surface area contributed by atoms with Crippen LogP contribution in [0, 0.1) is 17.5 Å². The molecular formula is C23H20F3N3O3S. The number of carbonyl (C=O) groups is 1. The van der Waals surface area contributed by atoms with Crippen molar-refractivity contribution in [2.24, 2.45) is 0 Å². The van der Waals surface area contributed by atoms with E-state index in [0.717, 1.165) is 36.4 Å². The SMILES string of the molecule is O=C1N(Cc2ccc(F)cc2F)CCCN1c1ccc(NS(=O)(=O)c2ccc(F)cc2)cc1. The van der Waals surface area contributed by atoms with Crippen LogP contribution in [0.25, 0.3) is 0 Å². The van der Waals surface area contributed by atoms with Gasteiger partial charge >= 0.3 is 6.03 Å². The van der Waals surface area contributed by atoms with Crippen molar-refractivity contribution < 1.29 is 26.4 Å². The van der Waals surface area contributed by atoms with Gasteiger partial charge in [0.05, 0.1) is 11.4 Å². The fraction of sp³-hybridized carbons (Fsp3) is 0.174. The number of urea groups is 1. The highest BCUT2D eigenvalue weighted by molar-refractivity contribution is 7.92. The van der Waals surface area contributed by atoms with Crippen molar-refractivity contribution in [3.05, 3.63) is 89.7 Å². The lowest BCUT2D eigenvalue weighted by Gasteiger charge is -2.35. The van der Waals surface area contributed by atoms with Crippen LogP contribution in [-0.2, 0) is 16.6 Å². The maximum Gasteiger partial charge on any atom is 0.324 e. The molecule has 10 heteroatoms. The molecule has 3 aromatic rings. The third kappa shape index (κ3) is 5.11. The number of rotatable bonds is 6. The van der Waals surface area contributed by atoms with Gasteiger partial charge < -0.3 is 4.90 Å². The van der Waals surface area contributed by atoms with Crippen LogP contribution in [0.4, 0.5) is 29.3 Å². The van der Waals surface area contributed by atoms with E-state index in [1.54, 1.807) is 12.1 Å². The van der Waals surface area contributed by atoms with E-state index in [0.29, 0.717) is 25.2 Å². The molecule has 0 radical (unpaired) electrons. The van der Waals surface area contributed by atoms with Crippen molar-refractivity contribution in [3.63, 3.8) is 0 Å².